The number of nitrogens with zero attached hydrogens (tertiary/aromatic N) is 1. The van der Waals surface area contributed by atoms with E-state index in [1.807, 2.05) is 19.1 Å². The summed E-state index contributed by atoms with van der Waals surface area (Å²) in [5, 5.41) is 2.51. The molecule has 0 saturated heterocycles. The molecule has 0 bridgehead atoms. The van der Waals surface area contributed by atoms with Gasteiger partial charge in [0, 0.05) is 12.6 Å². The highest BCUT2D eigenvalue weighted by Crippen LogP contribution is 2.23. The normalized spacial score (nSPS) is 12.3. The van der Waals surface area contributed by atoms with Crippen molar-refractivity contribution >= 4 is 27.5 Å². The van der Waals surface area contributed by atoms with E-state index in [4.69, 9.17) is 5.73 Å². The van der Waals surface area contributed by atoms with Crippen LogP contribution in [0.2, 0.25) is 0 Å². The number of nitrogens with two attached hydrogens (primary N) is 1. The number of carbonyl (C=O) groups excluding carboxylic acids is 2. The third kappa shape index (κ3) is 4.65. The van der Waals surface area contributed by atoms with Crippen LogP contribution in [0.5, 0.6) is 0 Å². The van der Waals surface area contributed by atoms with E-state index in [9.17, 15) is 18.0 Å². The molecule has 0 unspecified atom stereocenters. The van der Waals surface area contributed by atoms with E-state index < -0.39 is 27.9 Å². The predicted molar refractivity (Wildman–Crippen MR) is 104 cm³/mol. The number of rotatable bonds is 7. The zero-order chi connectivity index (χ0) is 20.2. The molecule has 0 spiro atoms. The number of sulfonamides is 1. The van der Waals surface area contributed by atoms with E-state index >= 15 is 0 Å². The number of hydrogen-bond donors (Lipinski definition) is 2. The molecule has 0 aliphatic carbocycles. The summed E-state index contributed by atoms with van der Waals surface area (Å²) >= 11 is 0. The van der Waals surface area contributed by atoms with Crippen LogP contribution >= 0.6 is 0 Å². The SMILES string of the molecule is CC[C@@H](NC(=O)c1cccc(S(=O)(=O)N(C)c2ccc(C)cc2)c1)C(N)=O. The standard InChI is InChI=1S/C19H23N3O4S/c1-4-17(18(20)23)21-19(24)14-6-5-7-16(12-14)27(25,26)22(3)15-10-8-13(2)9-11-15/h5-12,17H,4H2,1-3H3,(H2,20,23)(H,21,24)/t17-/m1/s1. The van der Waals surface area contributed by atoms with Crippen LogP contribution < -0.4 is 15.4 Å². The van der Waals surface area contributed by atoms with Crippen molar-refractivity contribution in [3.63, 3.8) is 0 Å². The summed E-state index contributed by atoms with van der Waals surface area (Å²) in [6, 6.07) is 11.9. The molecule has 2 amide bonds. The van der Waals surface area contributed by atoms with Gasteiger partial charge in [0.05, 0.1) is 10.6 Å². The van der Waals surface area contributed by atoms with Crippen molar-refractivity contribution in [2.75, 3.05) is 11.4 Å². The minimum absolute atomic E-state index is 0.0228. The highest BCUT2D eigenvalue weighted by Gasteiger charge is 2.23. The number of carbonyl (C=O) groups is 2. The largest absolute Gasteiger partial charge is 0.368 e. The number of nitrogens with one attached hydrogen (secondary N) is 1. The van der Waals surface area contributed by atoms with Crippen LogP contribution in [-0.2, 0) is 14.8 Å². The number of anilines is 1. The van der Waals surface area contributed by atoms with Crippen molar-refractivity contribution in [1.29, 1.82) is 0 Å². The summed E-state index contributed by atoms with van der Waals surface area (Å²) in [7, 11) is -2.40. The summed E-state index contributed by atoms with van der Waals surface area (Å²) in [6.45, 7) is 3.63. The lowest BCUT2D eigenvalue weighted by Gasteiger charge is -2.20. The van der Waals surface area contributed by atoms with Gasteiger partial charge in [0.25, 0.3) is 15.9 Å². The molecule has 8 heteroatoms. The Labute approximate surface area is 159 Å². The molecule has 0 aliphatic rings. The topological polar surface area (TPSA) is 110 Å². The molecule has 2 aromatic carbocycles. The molecule has 3 N–H and O–H groups in total. The fourth-order valence-corrected chi connectivity index (χ4v) is 3.71. The van der Waals surface area contributed by atoms with E-state index in [-0.39, 0.29) is 10.5 Å². The maximum Gasteiger partial charge on any atom is 0.264 e. The van der Waals surface area contributed by atoms with Crippen molar-refractivity contribution in [3.8, 4) is 0 Å². The van der Waals surface area contributed by atoms with Gasteiger partial charge in [0.15, 0.2) is 0 Å². The quantitative estimate of drug-likeness (QED) is 0.752. The zero-order valence-electron chi connectivity index (χ0n) is 15.5. The molecular weight excluding hydrogens is 366 g/mol. The lowest BCUT2D eigenvalue weighted by molar-refractivity contribution is -0.119. The fourth-order valence-electron chi connectivity index (χ4n) is 2.47. The van der Waals surface area contributed by atoms with Gasteiger partial charge in [-0.1, -0.05) is 30.7 Å². The first kappa shape index (κ1) is 20.4. The summed E-state index contributed by atoms with van der Waals surface area (Å²) in [4.78, 5) is 23.6. The summed E-state index contributed by atoms with van der Waals surface area (Å²) < 4.78 is 27.0. The van der Waals surface area contributed by atoms with Crippen LogP contribution in [0, 0.1) is 6.92 Å². The minimum Gasteiger partial charge on any atom is -0.368 e. The first-order valence-corrected chi connectivity index (χ1v) is 9.86. The van der Waals surface area contributed by atoms with Gasteiger partial charge in [-0.15, -0.1) is 0 Å². The van der Waals surface area contributed by atoms with Gasteiger partial charge in [-0.25, -0.2) is 8.42 Å². The van der Waals surface area contributed by atoms with E-state index in [1.165, 1.54) is 31.3 Å². The Morgan fingerprint density at radius 2 is 1.78 bits per heavy atom. The Hall–Kier alpha value is -2.87. The highest BCUT2D eigenvalue weighted by molar-refractivity contribution is 7.92. The molecular formula is C19H23N3O4S. The highest BCUT2D eigenvalue weighted by atomic mass is 32.2. The summed E-state index contributed by atoms with van der Waals surface area (Å²) in [5.41, 5.74) is 6.89. The van der Waals surface area contributed by atoms with E-state index in [2.05, 4.69) is 5.32 Å². The number of amides is 2. The second-order valence-electron chi connectivity index (χ2n) is 6.17. The number of benzene rings is 2. The number of primary amides is 1. The Bertz CT molecular complexity index is 940. The zero-order valence-corrected chi connectivity index (χ0v) is 16.3. The van der Waals surface area contributed by atoms with Crippen LogP contribution in [0.4, 0.5) is 5.69 Å². The Balaban J connectivity index is 2.31. The lowest BCUT2D eigenvalue weighted by atomic mass is 10.1. The summed E-state index contributed by atoms with van der Waals surface area (Å²) in [5.74, 6) is -1.20. The van der Waals surface area contributed by atoms with Crippen molar-refractivity contribution < 1.29 is 18.0 Å². The fraction of sp³-hybridized carbons (Fsp3) is 0.263. The van der Waals surface area contributed by atoms with Crippen molar-refractivity contribution in [3.05, 3.63) is 59.7 Å². The van der Waals surface area contributed by atoms with E-state index in [0.29, 0.717) is 12.1 Å². The molecule has 2 aromatic rings. The van der Waals surface area contributed by atoms with Gasteiger partial charge in [-0.3, -0.25) is 13.9 Å². The molecule has 2 rings (SSSR count). The molecule has 0 aliphatic heterocycles. The van der Waals surface area contributed by atoms with Gasteiger partial charge in [0.2, 0.25) is 5.91 Å². The van der Waals surface area contributed by atoms with Gasteiger partial charge in [-0.05, 0) is 43.7 Å². The van der Waals surface area contributed by atoms with Gasteiger partial charge in [0.1, 0.15) is 6.04 Å². The average molecular weight is 389 g/mol. The predicted octanol–water partition coefficient (Wildman–Crippen LogP) is 1.81. The Morgan fingerprint density at radius 3 is 2.33 bits per heavy atom. The maximum atomic E-state index is 12.9. The average Bonchev–Trinajstić information content (AvgIpc) is 2.65. The molecule has 144 valence electrons. The van der Waals surface area contributed by atoms with Crippen LogP contribution in [0.1, 0.15) is 29.3 Å². The molecule has 7 nitrogen and oxygen atoms in total. The smallest absolute Gasteiger partial charge is 0.264 e. The lowest BCUT2D eigenvalue weighted by Crippen LogP contribution is -2.44. The molecule has 0 heterocycles. The molecule has 0 fully saturated rings. The third-order valence-electron chi connectivity index (χ3n) is 4.21. The molecule has 1 atom stereocenters. The van der Waals surface area contributed by atoms with Gasteiger partial charge >= 0.3 is 0 Å². The Morgan fingerprint density at radius 1 is 1.15 bits per heavy atom. The number of aryl methyl sites for hydroxylation is 1. The molecule has 0 saturated carbocycles. The van der Waals surface area contributed by atoms with Crippen molar-refractivity contribution in [2.45, 2.75) is 31.2 Å². The monoisotopic (exact) mass is 389 g/mol. The molecule has 27 heavy (non-hydrogen) atoms. The minimum atomic E-state index is -3.85. The van der Waals surface area contributed by atoms with Gasteiger partial charge in [-0.2, -0.15) is 0 Å². The van der Waals surface area contributed by atoms with Crippen LogP contribution in [-0.4, -0.2) is 33.3 Å². The molecule has 0 aromatic heterocycles. The Kier molecular flexibility index (Phi) is 6.22. The summed E-state index contributed by atoms with van der Waals surface area (Å²) in [6.07, 6.45) is 0.342. The molecule has 0 radical (unpaired) electrons. The maximum absolute atomic E-state index is 12.9. The van der Waals surface area contributed by atoms with Crippen molar-refractivity contribution in [1.82, 2.24) is 5.32 Å². The van der Waals surface area contributed by atoms with E-state index in [0.717, 1.165) is 9.87 Å². The van der Waals surface area contributed by atoms with Crippen molar-refractivity contribution in [2.24, 2.45) is 5.73 Å². The second kappa shape index (κ2) is 8.22. The van der Waals surface area contributed by atoms with Crippen LogP contribution in [0.15, 0.2) is 53.4 Å². The first-order chi connectivity index (χ1) is 12.7. The second-order valence-corrected chi connectivity index (χ2v) is 8.14. The third-order valence-corrected chi connectivity index (χ3v) is 5.99. The van der Waals surface area contributed by atoms with Gasteiger partial charge < -0.3 is 11.1 Å². The first-order valence-electron chi connectivity index (χ1n) is 8.42. The number of hydrogen-bond acceptors (Lipinski definition) is 4. The van der Waals surface area contributed by atoms with Crippen LogP contribution in [0.25, 0.3) is 0 Å². The van der Waals surface area contributed by atoms with E-state index in [1.54, 1.807) is 19.1 Å². The van der Waals surface area contributed by atoms with Crippen LogP contribution in [0.3, 0.4) is 0 Å².